The third-order valence-electron chi connectivity index (χ3n) is 7.22. The molecule has 1 aliphatic rings. The summed E-state index contributed by atoms with van der Waals surface area (Å²) in [5, 5.41) is 4.63. The number of hydrogen-bond donors (Lipinski definition) is 0. The summed E-state index contributed by atoms with van der Waals surface area (Å²) in [7, 11) is -1.19. The molecule has 1 fully saturated rings. The Morgan fingerprint density at radius 3 is 2.42 bits per heavy atom. The van der Waals surface area contributed by atoms with Gasteiger partial charge in [-0.2, -0.15) is 9.67 Å². The zero-order valence-electron chi connectivity index (χ0n) is 27.2. The standard InChI is InChI=1S/C32H47N5O5Si/c1-22(2)41-30-35-28(36-37(30)21-39-15-16-43(7,8)9)26-12-11-24(18-33-26)25-19-34-27(17-23(25)3)40-20-32(13-10-14-32)29(38)42-31(4,5)6/h11-12,17-19,22H,10,13-16,20-21H2,1-9H3. The first-order chi connectivity index (χ1) is 20.1. The van der Waals surface area contributed by atoms with Crippen LogP contribution in [0, 0.1) is 12.3 Å². The summed E-state index contributed by atoms with van der Waals surface area (Å²) in [6, 6.07) is 7.26. The number of hydrogen-bond acceptors (Lipinski definition) is 9. The topological polar surface area (TPSA) is 110 Å². The van der Waals surface area contributed by atoms with Crippen LogP contribution in [-0.4, -0.2) is 63.7 Å². The first-order valence-corrected chi connectivity index (χ1v) is 18.8. The molecule has 0 amide bonds. The Labute approximate surface area is 256 Å². The molecule has 3 aromatic heterocycles. The van der Waals surface area contributed by atoms with Gasteiger partial charge < -0.3 is 18.9 Å². The second kappa shape index (κ2) is 13.1. The van der Waals surface area contributed by atoms with E-state index >= 15 is 0 Å². The quantitative estimate of drug-likeness (QED) is 0.119. The van der Waals surface area contributed by atoms with Crippen LogP contribution in [0.3, 0.4) is 0 Å². The van der Waals surface area contributed by atoms with Crippen molar-refractivity contribution in [1.82, 2.24) is 24.7 Å². The number of rotatable bonds is 13. The third-order valence-corrected chi connectivity index (χ3v) is 8.92. The lowest BCUT2D eigenvalue weighted by molar-refractivity contribution is -0.176. The van der Waals surface area contributed by atoms with Gasteiger partial charge in [-0.1, -0.05) is 32.1 Å². The SMILES string of the molecule is Cc1cc(OCC2(C(=O)OC(C)(C)C)CCC2)ncc1-c1ccc(-c2nc(OC(C)C)n(COCC[Si](C)(C)C)n2)nc1. The number of ether oxygens (including phenoxy) is 4. The Balaban J connectivity index is 1.43. The predicted octanol–water partition coefficient (Wildman–Crippen LogP) is 6.70. The van der Waals surface area contributed by atoms with Gasteiger partial charge in [-0.25, -0.2) is 4.98 Å². The van der Waals surface area contributed by atoms with Crippen LogP contribution in [-0.2, 0) is 21.0 Å². The van der Waals surface area contributed by atoms with Crippen LogP contribution < -0.4 is 9.47 Å². The van der Waals surface area contributed by atoms with Gasteiger partial charge in [-0.05, 0) is 72.1 Å². The van der Waals surface area contributed by atoms with E-state index in [-0.39, 0.29) is 25.4 Å². The third kappa shape index (κ3) is 8.85. The highest BCUT2D eigenvalue weighted by atomic mass is 28.3. The van der Waals surface area contributed by atoms with E-state index in [0.29, 0.717) is 30.0 Å². The molecule has 10 nitrogen and oxygen atoms in total. The molecule has 234 valence electrons. The average Bonchev–Trinajstić information content (AvgIpc) is 3.26. The summed E-state index contributed by atoms with van der Waals surface area (Å²) in [4.78, 5) is 26.6. The van der Waals surface area contributed by atoms with Gasteiger partial charge in [0.2, 0.25) is 11.7 Å². The fourth-order valence-electron chi connectivity index (χ4n) is 4.55. The average molecular weight is 610 g/mol. The molecule has 0 radical (unpaired) electrons. The molecule has 1 saturated carbocycles. The van der Waals surface area contributed by atoms with Crippen molar-refractivity contribution >= 4 is 14.0 Å². The number of aromatic nitrogens is 5. The van der Waals surface area contributed by atoms with Crippen LogP contribution in [0.5, 0.6) is 11.9 Å². The Morgan fingerprint density at radius 2 is 1.86 bits per heavy atom. The lowest BCUT2D eigenvalue weighted by atomic mass is 9.69. The van der Waals surface area contributed by atoms with Gasteiger partial charge in [-0.3, -0.25) is 9.78 Å². The molecule has 1 aliphatic carbocycles. The van der Waals surface area contributed by atoms with Crippen LogP contribution >= 0.6 is 0 Å². The predicted molar refractivity (Wildman–Crippen MR) is 169 cm³/mol. The van der Waals surface area contributed by atoms with Gasteiger partial charge in [0.15, 0.2) is 0 Å². The first-order valence-electron chi connectivity index (χ1n) is 15.1. The van der Waals surface area contributed by atoms with Gasteiger partial charge in [0.1, 0.15) is 30.0 Å². The van der Waals surface area contributed by atoms with Crippen molar-refractivity contribution < 1.29 is 23.7 Å². The highest BCUT2D eigenvalue weighted by Gasteiger charge is 2.47. The Kier molecular flexibility index (Phi) is 9.95. The minimum absolute atomic E-state index is 0.0490. The normalized spacial score (nSPS) is 14.8. The van der Waals surface area contributed by atoms with Crippen molar-refractivity contribution in [2.45, 2.75) is 105 Å². The summed E-state index contributed by atoms with van der Waals surface area (Å²) in [6.45, 7) is 19.8. The molecule has 0 atom stereocenters. The molecule has 11 heteroatoms. The van der Waals surface area contributed by atoms with Crippen molar-refractivity contribution in [3.05, 3.63) is 36.2 Å². The summed E-state index contributed by atoms with van der Waals surface area (Å²) >= 11 is 0. The molecule has 0 bridgehead atoms. The van der Waals surface area contributed by atoms with Crippen LogP contribution in [0.4, 0.5) is 0 Å². The first kappa shape index (κ1) is 32.6. The van der Waals surface area contributed by atoms with Crippen molar-refractivity contribution in [1.29, 1.82) is 0 Å². The minimum atomic E-state index is -1.19. The number of nitrogens with zero attached hydrogens (tertiary/aromatic N) is 5. The number of carbonyl (C=O) groups is 1. The van der Waals surface area contributed by atoms with Gasteiger partial charge in [-0.15, -0.1) is 5.10 Å². The van der Waals surface area contributed by atoms with E-state index in [0.717, 1.165) is 42.0 Å². The maximum absolute atomic E-state index is 12.8. The molecule has 0 N–H and O–H groups in total. The highest BCUT2D eigenvalue weighted by Crippen LogP contribution is 2.43. The van der Waals surface area contributed by atoms with Crippen LogP contribution in [0.2, 0.25) is 25.7 Å². The molecule has 0 saturated heterocycles. The van der Waals surface area contributed by atoms with Crippen LogP contribution in [0.25, 0.3) is 22.6 Å². The summed E-state index contributed by atoms with van der Waals surface area (Å²) < 4.78 is 25.1. The largest absolute Gasteiger partial charge is 0.476 e. The second-order valence-electron chi connectivity index (χ2n) is 13.9. The smallest absolute Gasteiger partial charge is 0.317 e. The molecule has 4 rings (SSSR count). The van der Waals surface area contributed by atoms with E-state index < -0.39 is 19.1 Å². The zero-order valence-corrected chi connectivity index (χ0v) is 28.2. The maximum Gasteiger partial charge on any atom is 0.317 e. The van der Waals surface area contributed by atoms with Gasteiger partial charge in [0, 0.05) is 44.3 Å². The van der Waals surface area contributed by atoms with Crippen molar-refractivity contribution in [3.8, 4) is 34.5 Å². The molecular weight excluding hydrogens is 562 g/mol. The fraction of sp³-hybridized carbons (Fsp3) is 0.594. The Bertz CT molecular complexity index is 1390. The Morgan fingerprint density at radius 1 is 1.12 bits per heavy atom. The van der Waals surface area contributed by atoms with E-state index in [1.165, 1.54) is 0 Å². The molecule has 0 aliphatic heterocycles. The fourth-order valence-corrected chi connectivity index (χ4v) is 5.31. The van der Waals surface area contributed by atoms with Gasteiger partial charge >= 0.3 is 12.0 Å². The molecule has 3 heterocycles. The number of esters is 1. The zero-order chi connectivity index (χ0) is 31.4. The minimum Gasteiger partial charge on any atom is -0.476 e. The van der Waals surface area contributed by atoms with Crippen molar-refractivity contribution in [2.24, 2.45) is 5.41 Å². The van der Waals surface area contributed by atoms with E-state index in [4.69, 9.17) is 18.9 Å². The van der Waals surface area contributed by atoms with Crippen LogP contribution in [0.15, 0.2) is 30.6 Å². The molecule has 0 spiro atoms. The summed E-state index contributed by atoms with van der Waals surface area (Å²) in [6.07, 6.45) is 6.04. The van der Waals surface area contributed by atoms with E-state index in [2.05, 4.69) is 39.7 Å². The second-order valence-corrected chi connectivity index (χ2v) is 19.5. The van der Waals surface area contributed by atoms with Crippen molar-refractivity contribution in [3.63, 3.8) is 0 Å². The summed E-state index contributed by atoms with van der Waals surface area (Å²) in [5.41, 5.74) is 2.36. The number of pyridine rings is 2. The molecular formula is C32H47N5O5Si. The lowest BCUT2D eigenvalue weighted by Crippen LogP contribution is -2.46. The van der Waals surface area contributed by atoms with Gasteiger partial charge in [0.25, 0.3) is 0 Å². The number of aryl methyl sites for hydroxylation is 1. The highest BCUT2D eigenvalue weighted by molar-refractivity contribution is 6.76. The van der Waals surface area contributed by atoms with E-state index in [1.807, 2.05) is 59.7 Å². The summed E-state index contributed by atoms with van der Waals surface area (Å²) in [5.74, 6) is 0.771. The molecule has 0 unspecified atom stereocenters. The van der Waals surface area contributed by atoms with E-state index in [9.17, 15) is 4.79 Å². The molecule has 3 aromatic rings. The molecule has 43 heavy (non-hydrogen) atoms. The van der Waals surface area contributed by atoms with Gasteiger partial charge in [0.05, 0.1) is 6.10 Å². The lowest BCUT2D eigenvalue weighted by Gasteiger charge is -2.40. The van der Waals surface area contributed by atoms with Crippen molar-refractivity contribution in [2.75, 3.05) is 13.2 Å². The Hall–Kier alpha value is -3.31. The monoisotopic (exact) mass is 609 g/mol. The van der Waals surface area contributed by atoms with E-state index in [1.54, 1.807) is 17.1 Å². The maximum atomic E-state index is 12.8. The molecule has 0 aromatic carbocycles. The number of carbonyl (C=O) groups excluding carboxylic acids is 1. The van der Waals surface area contributed by atoms with Crippen LogP contribution in [0.1, 0.15) is 59.4 Å².